The summed E-state index contributed by atoms with van der Waals surface area (Å²) in [7, 11) is 1.65. The molecular formula is C24H32ClN2O3+. The third kappa shape index (κ3) is 5.91. The molecular weight excluding hydrogens is 400 g/mol. The number of methoxy groups -OCH3 is 1. The molecule has 6 heteroatoms. The molecule has 2 aromatic rings. The number of ether oxygens (including phenoxy) is 2. The van der Waals surface area contributed by atoms with Gasteiger partial charge < -0.3 is 24.4 Å². The number of piperazine rings is 1. The molecule has 5 nitrogen and oxygen atoms in total. The minimum absolute atomic E-state index is 0.275. The maximum atomic E-state index is 10.5. The van der Waals surface area contributed by atoms with E-state index < -0.39 is 6.10 Å². The Morgan fingerprint density at radius 3 is 2.70 bits per heavy atom. The molecule has 162 valence electrons. The number of quaternary nitrogens is 1. The lowest BCUT2D eigenvalue weighted by atomic mass is 10.1. The third-order valence-corrected chi connectivity index (χ3v) is 5.80. The summed E-state index contributed by atoms with van der Waals surface area (Å²) in [6.45, 7) is 10.7. The number of allylic oxidation sites excluding steroid dienone is 1. The van der Waals surface area contributed by atoms with Gasteiger partial charge in [0, 0.05) is 16.3 Å². The number of aliphatic hydroxyl groups is 1. The summed E-state index contributed by atoms with van der Waals surface area (Å²) in [4.78, 5) is 3.77. The topological polar surface area (TPSA) is 46.4 Å². The van der Waals surface area contributed by atoms with Crippen molar-refractivity contribution in [3.63, 3.8) is 0 Å². The Kier molecular flexibility index (Phi) is 8.02. The number of hydrogen-bond donors (Lipinski definition) is 2. The Morgan fingerprint density at radius 1 is 1.23 bits per heavy atom. The van der Waals surface area contributed by atoms with E-state index in [0.717, 1.165) is 48.3 Å². The van der Waals surface area contributed by atoms with Crippen molar-refractivity contribution >= 4 is 17.3 Å². The molecule has 0 saturated carbocycles. The van der Waals surface area contributed by atoms with Crippen LogP contribution in [0, 0.1) is 6.92 Å². The van der Waals surface area contributed by atoms with Gasteiger partial charge in [-0.05, 0) is 49.2 Å². The van der Waals surface area contributed by atoms with E-state index in [0.29, 0.717) is 13.0 Å². The van der Waals surface area contributed by atoms with Crippen LogP contribution in [0.2, 0.25) is 5.02 Å². The van der Waals surface area contributed by atoms with Crippen molar-refractivity contribution in [2.24, 2.45) is 0 Å². The molecule has 0 spiro atoms. The van der Waals surface area contributed by atoms with Gasteiger partial charge in [-0.25, -0.2) is 0 Å². The second-order valence-electron chi connectivity index (χ2n) is 7.80. The molecule has 0 aliphatic carbocycles. The van der Waals surface area contributed by atoms with Crippen molar-refractivity contribution < 1.29 is 19.5 Å². The highest BCUT2D eigenvalue weighted by atomic mass is 35.5. The monoisotopic (exact) mass is 431 g/mol. The van der Waals surface area contributed by atoms with E-state index in [1.807, 2.05) is 36.4 Å². The first-order valence-corrected chi connectivity index (χ1v) is 10.8. The predicted molar refractivity (Wildman–Crippen MR) is 122 cm³/mol. The summed E-state index contributed by atoms with van der Waals surface area (Å²) in [6.07, 6.45) is 2.01. The second-order valence-corrected chi connectivity index (χ2v) is 8.24. The van der Waals surface area contributed by atoms with Crippen molar-refractivity contribution in [3.8, 4) is 11.5 Å². The third-order valence-electron chi connectivity index (χ3n) is 5.57. The lowest BCUT2D eigenvalue weighted by molar-refractivity contribution is -0.903. The second kappa shape index (κ2) is 10.7. The number of hydrogen-bond acceptors (Lipinski definition) is 4. The van der Waals surface area contributed by atoms with Gasteiger partial charge in [0.1, 0.15) is 30.8 Å². The number of benzene rings is 2. The summed E-state index contributed by atoms with van der Waals surface area (Å²) in [5.74, 6) is 1.56. The van der Waals surface area contributed by atoms with Gasteiger partial charge in [0.05, 0.1) is 33.3 Å². The van der Waals surface area contributed by atoms with Gasteiger partial charge in [0.2, 0.25) is 0 Å². The van der Waals surface area contributed by atoms with E-state index in [1.54, 1.807) is 7.11 Å². The molecule has 1 aliphatic rings. The quantitative estimate of drug-likeness (QED) is 0.599. The van der Waals surface area contributed by atoms with E-state index in [2.05, 4.69) is 24.5 Å². The highest BCUT2D eigenvalue weighted by Crippen LogP contribution is 2.25. The first kappa shape index (κ1) is 22.5. The number of halogens is 1. The molecule has 2 N–H and O–H groups in total. The van der Waals surface area contributed by atoms with Crippen LogP contribution in [0.5, 0.6) is 11.5 Å². The minimum atomic E-state index is -0.516. The van der Waals surface area contributed by atoms with Crippen LogP contribution in [0.25, 0.3) is 0 Å². The van der Waals surface area contributed by atoms with Crippen LogP contribution in [-0.4, -0.2) is 57.7 Å². The summed E-state index contributed by atoms with van der Waals surface area (Å²) < 4.78 is 11.2. The van der Waals surface area contributed by atoms with Crippen LogP contribution in [0.1, 0.15) is 11.1 Å². The summed E-state index contributed by atoms with van der Waals surface area (Å²) in [6, 6.07) is 11.8. The highest BCUT2D eigenvalue weighted by Gasteiger charge is 2.24. The van der Waals surface area contributed by atoms with Crippen LogP contribution in [-0.2, 0) is 6.42 Å². The van der Waals surface area contributed by atoms with Gasteiger partial charge >= 0.3 is 0 Å². The Bertz CT molecular complexity index is 850. The van der Waals surface area contributed by atoms with Crippen LogP contribution in [0.3, 0.4) is 0 Å². The van der Waals surface area contributed by atoms with Gasteiger partial charge in [-0.1, -0.05) is 23.7 Å². The van der Waals surface area contributed by atoms with Crippen molar-refractivity contribution in [2.75, 3.05) is 51.3 Å². The zero-order valence-electron chi connectivity index (χ0n) is 17.9. The van der Waals surface area contributed by atoms with Crippen LogP contribution in [0.15, 0.2) is 49.1 Å². The molecule has 1 atom stereocenters. The largest absolute Gasteiger partial charge is 0.497 e. The van der Waals surface area contributed by atoms with Gasteiger partial charge in [-0.15, -0.1) is 6.58 Å². The van der Waals surface area contributed by atoms with Crippen molar-refractivity contribution in [1.29, 1.82) is 0 Å². The fourth-order valence-corrected chi connectivity index (χ4v) is 4.07. The molecule has 1 saturated heterocycles. The standard InChI is InChI=1S/C24H31ClN2O3/c1-4-5-19-14-22(29-3)8-9-24(19)30-17-21(28)16-26-10-12-27(13-11-26)23-15-20(25)7-6-18(23)2/h4,6-9,14-15,21,28H,1,5,10-13,16-17H2,2-3H3/p+1/t21-/m1/s1. The van der Waals surface area contributed by atoms with Crippen LogP contribution in [0.4, 0.5) is 5.69 Å². The number of nitrogens with zero attached hydrogens (tertiary/aromatic N) is 1. The van der Waals surface area contributed by atoms with E-state index in [1.165, 1.54) is 16.2 Å². The van der Waals surface area contributed by atoms with E-state index in [9.17, 15) is 5.11 Å². The van der Waals surface area contributed by atoms with E-state index in [-0.39, 0.29) is 6.61 Å². The first-order chi connectivity index (χ1) is 14.5. The van der Waals surface area contributed by atoms with Gasteiger partial charge in [0.15, 0.2) is 0 Å². The fraction of sp³-hybridized carbons (Fsp3) is 0.417. The molecule has 0 radical (unpaired) electrons. The maximum Gasteiger partial charge on any atom is 0.137 e. The van der Waals surface area contributed by atoms with Crippen molar-refractivity contribution in [2.45, 2.75) is 19.4 Å². The summed E-state index contributed by atoms with van der Waals surface area (Å²) >= 11 is 6.18. The average Bonchev–Trinajstić information content (AvgIpc) is 2.75. The zero-order valence-corrected chi connectivity index (χ0v) is 18.6. The van der Waals surface area contributed by atoms with E-state index in [4.69, 9.17) is 21.1 Å². The molecule has 1 aliphatic heterocycles. The number of aliphatic hydroxyl groups excluding tert-OH is 1. The molecule has 30 heavy (non-hydrogen) atoms. The van der Waals surface area contributed by atoms with Crippen molar-refractivity contribution in [3.05, 3.63) is 65.2 Å². The molecule has 0 amide bonds. The molecule has 0 aromatic heterocycles. The first-order valence-electron chi connectivity index (χ1n) is 10.4. The maximum absolute atomic E-state index is 10.5. The lowest BCUT2D eigenvalue weighted by Crippen LogP contribution is -3.16. The average molecular weight is 432 g/mol. The number of anilines is 1. The number of aryl methyl sites for hydroxylation is 1. The molecule has 3 rings (SSSR count). The Labute approximate surface area is 184 Å². The normalized spacial score (nSPS) is 15.7. The zero-order chi connectivity index (χ0) is 21.5. The summed E-state index contributed by atoms with van der Waals surface area (Å²) in [5, 5.41) is 11.3. The number of nitrogens with one attached hydrogen (secondary N) is 1. The Morgan fingerprint density at radius 2 is 2.00 bits per heavy atom. The Hall–Kier alpha value is -2.21. The lowest BCUT2D eigenvalue weighted by Gasteiger charge is -2.35. The Balaban J connectivity index is 1.49. The van der Waals surface area contributed by atoms with Gasteiger partial charge in [0.25, 0.3) is 0 Å². The van der Waals surface area contributed by atoms with Crippen molar-refractivity contribution in [1.82, 2.24) is 0 Å². The van der Waals surface area contributed by atoms with Gasteiger partial charge in [-0.3, -0.25) is 0 Å². The smallest absolute Gasteiger partial charge is 0.137 e. The molecule has 0 bridgehead atoms. The SMILES string of the molecule is C=CCc1cc(OC)ccc1OC[C@H](O)C[NH+]1CCN(c2cc(Cl)ccc2C)CC1. The summed E-state index contributed by atoms with van der Waals surface area (Å²) in [5.41, 5.74) is 3.46. The number of rotatable bonds is 9. The predicted octanol–water partition coefficient (Wildman–Crippen LogP) is 2.53. The minimum Gasteiger partial charge on any atom is -0.497 e. The molecule has 0 unspecified atom stereocenters. The van der Waals surface area contributed by atoms with Crippen LogP contribution >= 0.6 is 11.6 Å². The highest BCUT2D eigenvalue weighted by molar-refractivity contribution is 6.30. The molecule has 2 aromatic carbocycles. The van der Waals surface area contributed by atoms with E-state index >= 15 is 0 Å². The molecule has 1 fully saturated rings. The van der Waals surface area contributed by atoms with Crippen LogP contribution < -0.4 is 19.3 Å². The fourth-order valence-electron chi connectivity index (χ4n) is 3.91. The van der Waals surface area contributed by atoms with Gasteiger partial charge in [-0.2, -0.15) is 0 Å². The molecule has 1 heterocycles.